The second kappa shape index (κ2) is 4.84. The number of sulfonamides is 1. The smallest absolute Gasteiger partial charge is 0.242 e. The van der Waals surface area contributed by atoms with Gasteiger partial charge in [0.1, 0.15) is 4.90 Å². The monoisotopic (exact) mass is 276 g/mol. The molecular weight excluding hydrogens is 260 g/mol. The molecule has 4 nitrogen and oxygen atoms in total. The lowest BCUT2D eigenvalue weighted by Gasteiger charge is -2.24. The summed E-state index contributed by atoms with van der Waals surface area (Å²) in [4.78, 5) is 0.0508. The summed E-state index contributed by atoms with van der Waals surface area (Å²) in [5.41, 5.74) is 5.45. The molecule has 0 atom stereocenters. The summed E-state index contributed by atoms with van der Waals surface area (Å²) in [6, 6.07) is 4.35. The van der Waals surface area contributed by atoms with Crippen LogP contribution in [0.3, 0.4) is 0 Å². The van der Waals surface area contributed by atoms with Crippen LogP contribution in [0.2, 0.25) is 5.02 Å². The Hall–Kier alpha value is -0.780. The van der Waals surface area contributed by atoms with Gasteiger partial charge in [-0.15, -0.1) is 0 Å². The molecule has 1 aromatic carbocycles. The van der Waals surface area contributed by atoms with Crippen molar-refractivity contribution in [3.8, 4) is 0 Å². The minimum Gasteiger partial charge on any atom is -0.399 e. The van der Waals surface area contributed by atoms with E-state index in [1.807, 2.05) is 20.8 Å². The Balaban J connectivity index is 3.14. The lowest BCUT2D eigenvalue weighted by Crippen LogP contribution is -2.42. The highest BCUT2D eigenvalue weighted by Gasteiger charge is 2.26. The van der Waals surface area contributed by atoms with E-state index in [4.69, 9.17) is 17.3 Å². The molecule has 0 spiro atoms. The van der Waals surface area contributed by atoms with Crippen LogP contribution in [0.1, 0.15) is 27.2 Å². The van der Waals surface area contributed by atoms with Crippen LogP contribution < -0.4 is 10.5 Å². The van der Waals surface area contributed by atoms with Crippen LogP contribution in [0.5, 0.6) is 0 Å². The Kier molecular flexibility index (Phi) is 4.06. The standard InChI is InChI=1S/C11H17ClN2O2S/c1-4-11(2,3)14-17(15,16)10-6-5-8(13)7-9(10)12/h5-7,14H,4,13H2,1-3H3. The SMILES string of the molecule is CCC(C)(C)NS(=O)(=O)c1ccc(N)cc1Cl. The first-order chi connectivity index (χ1) is 7.68. The van der Waals surface area contributed by atoms with Gasteiger partial charge >= 0.3 is 0 Å². The van der Waals surface area contributed by atoms with Gasteiger partial charge in [0, 0.05) is 11.2 Å². The van der Waals surface area contributed by atoms with Crippen LogP contribution in [0.25, 0.3) is 0 Å². The van der Waals surface area contributed by atoms with Gasteiger partial charge in [-0.2, -0.15) is 0 Å². The van der Waals surface area contributed by atoms with Gasteiger partial charge in [0.2, 0.25) is 10.0 Å². The first kappa shape index (κ1) is 14.3. The summed E-state index contributed by atoms with van der Waals surface area (Å²) in [5, 5.41) is 0.129. The lowest BCUT2D eigenvalue weighted by molar-refractivity contribution is 0.439. The Labute approximate surface area is 107 Å². The molecule has 0 heterocycles. The van der Waals surface area contributed by atoms with Crippen molar-refractivity contribution in [3.05, 3.63) is 23.2 Å². The molecule has 0 amide bonds. The second-order valence-electron chi connectivity index (χ2n) is 4.53. The molecule has 0 unspecified atom stereocenters. The highest BCUT2D eigenvalue weighted by Crippen LogP contribution is 2.25. The van der Waals surface area contributed by atoms with Gasteiger partial charge in [-0.3, -0.25) is 0 Å². The number of nitrogens with two attached hydrogens (primary N) is 1. The van der Waals surface area contributed by atoms with Gasteiger partial charge in [-0.1, -0.05) is 18.5 Å². The zero-order chi connectivity index (χ0) is 13.3. The topological polar surface area (TPSA) is 72.2 Å². The van der Waals surface area contributed by atoms with Crippen molar-refractivity contribution in [2.24, 2.45) is 0 Å². The quantitative estimate of drug-likeness (QED) is 0.830. The average Bonchev–Trinajstić information content (AvgIpc) is 2.15. The Morgan fingerprint density at radius 3 is 2.47 bits per heavy atom. The number of anilines is 1. The van der Waals surface area contributed by atoms with Crippen LogP contribution >= 0.6 is 11.6 Å². The van der Waals surface area contributed by atoms with Crippen LogP contribution in [0.4, 0.5) is 5.69 Å². The van der Waals surface area contributed by atoms with Gasteiger partial charge in [0.25, 0.3) is 0 Å². The van der Waals surface area contributed by atoms with Gasteiger partial charge in [0.15, 0.2) is 0 Å². The summed E-state index contributed by atoms with van der Waals surface area (Å²) in [6.45, 7) is 5.54. The summed E-state index contributed by atoms with van der Waals surface area (Å²) in [7, 11) is -3.61. The number of nitrogen functional groups attached to an aromatic ring is 1. The highest BCUT2D eigenvalue weighted by molar-refractivity contribution is 7.89. The third-order valence-electron chi connectivity index (χ3n) is 2.54. The third-order valence-corrected chi connectivity index (χ3v) is 4.72. The minimum absolute atomic E-state index is 0.0508. The van der Waals surface area contributed by atoms with Crippen molar-refractivity contribution < 1.29 is 8.42 Å². The van der Waals surface area contributed by atoms with Crippen molar-refractivity contribution in [1.82, 2.24) is 4.72 Å². The van der Waals surface area contributed by atoms with E-state index in [-0.39, 0.29) is 9.92 Å². The third kappa shape index (κ3) is 3.59. The number of hydrogen-bond acceptors (Lipinski definition) is 3. The Morgan fingerprint density at radius 1 is 1.41 bits per heavy atom. The van der Waals surface area contributed by atoms with Crippen molar-refractivity contribution >= 4 is 27.3 Å². The van der Waals surface area contributed by atoms with E-state index in [0.717, 1.165) is 0 Å². The van der Waals surface area contributed by atoms with E-state index < -0.39 is 15.6 Å². The van der Waals surface area contributed by atoms with Gasteiger partial charge in [-0.05, 0) is 38.5 Å². The maximum atomic E-state index is 12.1. The number of benzene rings is 1. The fraction of sp³-hybridized carbons (Fsp3) is 0.455. The molecule has 0 aromatic heterocycles. The molecule has 0 aliphatic carbocycles. The van der Waals surface area contributed by atoms with Gasteiger partial charge in [0.05, 0.1) is 5.02 Å². The molecule has 1 aromatic rings. The van der Waals surface area contributed by atoms with E-state index in [2.05, 4.69) is 4.72 Å². The summed E-state index contributed by atoms with van der Waals surface area (Å²) >= 11 is 5.89. The first-order valence-corrected chi connectivity index (χ1v) is 7.13. The highest BCUT2D eigenvalue weighted by atomic mass is 35.5. The Morgan fingerprint density at radius 2 is 2.00 bits per heavy atom. The zero-order valence-electron chi connectivity index (χ0n) is 10.1. The number of hydrogen-bond donors (Lipinski definition) is 2. The molecule has 3 N–H and O–H groups in total. The molecule has 0 aliphatic heterocycles. The van der Waals surface area contributed by atoms with E-state index in [9.17, 15) is 8.42 Å². The summed E-state index contributed by atoms with van der Waals surface area (Å²) < 4.78 is 26.8. The molecule has 1 rings (SSSR count). The van der Waals surface area contributed by atoms with Crippen molar-refractivity contribution in [3.63, 3.8) is 0 Å². The van der Waals surface area contributed by atoms with E-state index in [1.165, 1.54) is 18.2 Å². The van der Waals surface area contributed by atoms with Crippen LogP contribution in [-0.4, -0.2) is 14.0 Å². The van der Waals surface area contributed by atoms with Gasteiger partial charge in [-0.25, -0.2) is 13.1 Å². The molecular formula is C11H17ClN2O2S. The lowest BCUT2D eigenvalue weighted by atomic mass is 10.0. The molecule has 0 bridgehead atoms. The molecule has 96 valence electrons. The number of rotatable bonds is 4. The summed E-state index contributed by atoms with van der Waals surface area (Å²) in [5.74, 6) is 0. The van der Waals surface area contributed by atoms with Crippen molar-refractivity contribution in [2.45, 2.75) is 37.6 Å². The molecule has 17 heavy (non-hydrogen) atoms. The predicted molar refractivity (Wildman–Crippen MR) is 70.6 cm³/mol. The fourth-order valence-electron chi connectivity index (χ4n) is 1.23. The molecule has 0 radical (unpaired) electrons. The molecule has 0 fully saturated rings. The van der Waals surface area contributed by atoms with Crippen LogP contribution in [-0.2, 0) is 10.0 Å². The maximum Gasteiger partial charge on any atom is 0.242 e. The largest absolute Gasteiger partial charge is 0.399 e. The van der Waals surface area contributed by atoms with E-state index in [1.54, 1.807) is 0 Å². The predicted octanol–water partition coefficient (Wildman–Crippen LogP) is 2.39. The first-order valence-electron chi connectivity index (χ1n) is 5.27. The maximum absolute atomic E-state index is 12.1. The zero-order valence-corrected chi connectivity index (χ0v) is 11.7. The van der Waals surface area contributed by atoms with Gasteiger partial charge < -0.3 is 5.73 Å². The minimum atomic E-state index is -3.61. The van der Waals surface area contributed by atoms with Crippen molar-refractivity contribution in [1.29, 1.82) is 0 Å². The summed E-state index contributed by atoms with van der Waals surface area (Å²) in [6.07, 6.45) is 0.679. The fourth-order valence-corrected chi connectivity index (χ4v) is 3.26. The van der Waals surface area contributed by atoms with E-state index in [0.29, 0.717) is 12.1 Å². The van der Waals surface area contributed by atoms with E-state index >= 15 is 0 Å². The molecule has 0 saturated carbocycles. The second-order valence-corrected chi connectivity index (χ2v) is 6.59. The number of nitrogens with one attached hydrogen (secondary N) is 1. The molecule has 0 saturated heterocycles. The van der Waals surface area contributed by atoms with Crippen LogP contribution in [0, 0.1) is 0 Å². The Bertz CT molecular complexity index is 512. The normalized spacial score (nSPS) is 12.7. The van der Waals surface area contributed by atoms with Crippen molar-refractivity contribution in [2.75, 3.05) is 5.73 Å². The molecule has 0 aliphatic rings. The molecule has 6 heteroatoms. The van der Waals surface area contributed by atoms with Crippen LogP contribution in [0.15, 0.2) is 23.1 Å². The number of halogens is 1. The average molecular weight is 277 g/mol.